The zero-order valence-corrected chi connectivity index (χ0v) is 15.1. The zero-order valence-electron chi connectivity index (χ0n) is 14.3. The number of rotatable bonds is 6. The number of aromatic nitrogens is 2. The first-order chi connectivity index (χ1) is 11.7. The van der Waals surface area contributed by atoms with E-state index in [0.717, 1.165) is 62.1 Å². The van der Waals surface area contributed by atoms with Gasteiger partial charge < -0.3 is 19.3 Å². The number of amides is 1. The molecule has 6 nitrogen and oxygen atoms in total. The fourth-order valence-electron chi connectivity index (χ4n) is 3.30. The Labute approximate surface area is 147 Å². The Morgan fingerprint density at radius 1 is 1.42 bits per heavy atom. The number of ether oxygens (including phenoxy) is 1. The van der Waals surface area contributed by atoms with Gasteiger partial charge in [0.1, 0.15) is 0 Å². The second-order valence-electron chi connectivity index (χ2n) is 6.79. The standard InChI is InChI=1S/C17H27N3O3S/c1-13-4-6-19(7-5-13)16(22)12-24-17-18-9-14(11-21)20(17)10-15-3-2-8-23-15/h9,13,15,21H,2-8,10-12H2,1H3. The summed E-state index contributed by atoms with van der Waals surface area (Å²) in [5.74, 6) is 1.31. The number of aliphatic hydroxyl groups is 1. The minimum atomic E-state index is -0.0434. The van der Waals surface area contributed by atoms with Crippen LogP contribution in [0.25, 0.3) is 0 Å². The lowest BCUT2D eigenvalue weighted by Gasteiger charge is -2.30. The lowest BCUT2D eigenvalue weighted by molar-refractivity contribution is -0.129. The number of likely N-dealkylation sites (tertiary alicyclic amines) is 1. The average molecular weight is 353 g/mol. The van der Waals surface area contributed by atoms with Crippen molar-refractivity contribution in [3.05, 3.63) is 11.9 Å². The van der Waals surface area contributed by atoms with Gasteiger partial charge in [-0.25, -0.2) is 4.98 Å². The molecular weight excluding hydrogens is 326 g/mol. The molecule has 3 rings (SSSR count). The summed E-state index contributed by atoms with van der Waals surface area (Å²) in [6.45, 7) is 5.45. The van der Waals surface area contributed by atoms with Crippen LogP contribution in [0.1, 0.15) is 38.3 Å². The van der Waals surface area contributed by atoms with Crippen molar-refractivity contribution in [1.29, 1.82) is 0 Å². The number of carbonyl (C=O) groups is 1. The number of thioether (sulfide) groups is 1. The molecule has 0 aliphatic carbocycles. The minimum Gasteiger partial charge on any atom is -0.390 e. The van der Waals surface area contributed by atoms with Crippen LogP contribution in [-0.2, 0) is 22.7 Å². The van der Waals surface area contributed by atoms with E-state index < -0.39 is 0 Å². The second kappa shape index (κ2) is 8.36. The lowest BCUT2D eigenvalue weighted by Crippen LogP contribution is -2.39. The summed E-state index contributed by atoms with van der Waals surface area (Å²) >= 11 is 1.46. The molecule has 0 spiro atoms. The van der Waals surface area contributed by atoms with Crippen LogP contribution in [0.15, 0.2) is 11.4 Å². The lowest BCUT2D eigenvalue weighted by atomic mass is 9.99. The quantitative estimate of drug-likeness (QED) is 0.791. The molecule has 1 aromatic heterocycles. The third-order valence-corrected chi connectivity index (χ3v) is 5.91. The fourth-order valence-corrected chi connectivity index (χ4v) is 4.21. The number of piperidine rings is 1. The monoisotopic (exact) mass is 353 g/mol. The van der Waals surface area contributed by atoms with Crippen LogP contribution in [0.4, 0.5) is 0 Å². The molecule has 1 N–H and O–H groups in total. The number of hydrogen-bond donors (Lipinski definition) is 1. The maximum absolute atomic E-state index is 12.4. The van der Waals surface area contributed by atoms with Gasteiger partial charge in [0.15, 0.2) is 5.16 Å². The van der Waals surface area contributed by atoms with Gasteiger partial charge in [-0.3, -0.25) is 4.79 Å². The van der Waals surface area contributed by atoms with Crippen LogP contribution in [0.2, 0.25) is 0 Å². The Kier molecular flexibility index (Phi) is 6.19. The first-order valence-electron chi connectivity index (χ1n) is 8.84. The van der Waals surface area contributed by atoms with Crippen LogP contribution in [0.5, 0.6) is 0 Å². The van der Waals surface area contributed by atoms with Gasteiger partial charge in [0, 0.05) is 19.7 Å². The Morgan fingerprint density at radius 3 is 2.88 bits per heavy atom. The molecule has 24 heavy (non-hydrogen) atoms. The molecule has 7 heteroatoms. The number of nitrogens with zero attached hydrogens (tertiary/aromatic N) is 3. The molecule has 0 saturated carbocycles. The van der Waals surface area contributed by atoms with Crippen LogP contribution in [0.3, 0.4) is 0 Å². The van der Waals surface area contributed by atoms with Crippen molar-refractivity contribution in [3.63, 3.8) is 0 Å². The molecule has 2 aliphatic heterocycles. The molecular formula is C17H27N3O3S. The molecule has 0 radical (unpaired) electrons. The summed E-state index contributed by atoms with van der Waals surface area (Å²) in [5.41, 5.74) is 0.784. The Hall–Kier alpha value is -1.05. The summed E-state index contributed by atoms with van der Waals surface area (Å²) in [7, 11) is 0. The van der Waals surface area contributed by atoms with Gasteiger partial charge in [-0.15, -0.1) is 0 Å². The van der Waals surface area contributed by atoms with Crippen LogP contribution in [-0.4, -0.2) is 57.0 Å². The number of hydrogen-bond acceptors (Lipinski definition) is 5. The fraction of sp³-hybridized carbons (Fsp3) is 0.765. The van der Waals surface area contributed by atoms with E-state index in [4.69, 9.17) is 4.74 Å². The number of carbonyl (C=O) groups excluding carboxylic acids is 1. The Bertz CT molecular complexity index is 549. The van der Waals surface area contributed by atoms with E-state index in [0.29, 0.717) is 12.3 Å². The van der Waals surface area contributed by atoms with Gasteiger partial charge in [-0.05, 0) is 31.6 Å². The van der Waals surface area contributed by atoms with Crippen molar-refractivity contribution in [2.24, 2.45) is 5.92 Å². The van der Waals surface area contributed by atoms with E-state index in [1.165, 1.54) is 11.8 Å². The summed E-state index contributed by atoms with van der Waals surface area (Å²) in [5, 5.41) is 10.3. The van der Waals surface area contributed by atoms with Crippen molar-refractivity contribution in [1.82, 2.24) is 14.5 Å². The van der Waals surface area contributed by atoms with Crippen molar-refractivity contribution >= 4 is 17.7 Å². The SMILES string of the molecule is CC1CCN(C(=O)CSc2ncc(CO)n2CC2CCCO2)CC1. The van der Waals surface area contributed by atoms with Crippen LogP contribution >= 0.6 is 11.8 Å². The highest BCUT2D eigenvalue weighted by molar-refractivity contribution is 7.99. The second-order valence-corrected chi connectivity index (χ2v) is 7.73. The minimum absolute atomic E-state index is 0.0434. The van der Waals surface area contributed by atoms with Gasteiger partial charge in [0.2, 0.25) is 5.91 Å². The summed E-state index contributed by atoms with van der Waals surface area (Å²) in [6.07, 6.45) is 6.20. The highest BCUT2D eigenvalue weighted by Gasteiger charge is 2.23. The third-order valence-electron chi connectivity index (χ3n) is 4.93. The van der Waals surface area contributed by atoms with Gasteiger partial charge >= 0.3 is 0 Å². The summed E-state index contributed by atoms with van der Waals surface area (Å²) < 4.78 is 7.70. The van der Waals surface area contributed by atoms with E-state index in [1.54, 1.807) is 6.20 Å². The molecule has 0 aromatic carbocycles. The Balaban J connectivity index is 1.58. The molecule has 2 saturated heterocycles. The molecule has 2 aliphatic rings. The van der Waals surface area contributed by atoms with Gasteiger partial charge in [-0.2, -0.15) is 0 Å². The van der Waals surface area contributed by atoms with E-state index in [1.807, 2.05) is 9.47 Å². The van der Waals surface area contributed by atoms with Crippen molar-refractivity contribution in [2.45, 2.75) is 57.0 Å². The molecule has 134 valence electrons. The summed E-state index contributed by atoms with van der Waals surface area (Å²) in [6, 6.07) is 0. The molecule has 2 fully saturated rings. The van der Waals surface area contributed by atoms with Crippen molar-refractivity contribution in [2.75, 3.05) is 25.4 Å². The van der Waals surface area contributed by atoms with E-state index >= 15 is 0 Å². The highest BCUT2D eigenvalue weighted by atomic mass is 32.2. The number of aliphatic hydroxyl groups excluding tert-OH is 1. The van der Waals surface area contributed by atoms with Crippen LogP contribution < -0.4 is 0 Å². The molecule has 1 aromatic rings. The van der Waals surface area contributed by atoms with E-state index in [2.05, 4.69) is 11.9 Å². The summed E-state index contributed by atoms with van der Waals surface area (Å²) in [4.78, 5) is 18.8. The normalized spacial score (nSPS) is 22.2. The van der Waals surface area contributed by atoms with E-state index in [-0.39, 0.29) is 18.6 Å². The van der Waals surface area contributed by atoms with Gasteiger partial charge in [-0.1, -0.05) is 18.7 Å². The third kappa shape index (κ3) is 4.32. The molecule has 0 bridgehead atoms. The topological polar surface area (TPSA) is 67.6 Å². The predicted octanol–water partition coefficient (Wildman–Crippen LogP) is 1.90. The molecule has 1 amide bonds. The first kappa shape index (κ1) is 17.8. The maximum Gasteiger partial charge on any atom is 0.233 e. The smallest absolute Gasteiger partial charge is 0.233 e. The van der Waals surface area contributed by atoms with Gasteiger partial charge in [0.25, 0.3) is 0 Å². The average Bonchev–Trinajstić information content (AvgIpc) is 3.23. The van der Waals surface area contributed by atoms with Gasteiger partial charge in [0.05, 0.1) is 36.9 Å². The first-order valence-corrected chi connectivity index (χ1v) is 9.83. The van der Waals surface area contributed by atoms with Crippen molar-refractivity contribution < 1.29 is 14.6 Å². The largest absolute Gasteiger partial charge is 0.390 e. The Morgan fingerprint density at radius 2 is 2.21 bits per heavy atom. The maximum atomic E-state index is 12.4. The number of imidazole rings is 1. The van der Waals surface area contributed by atoms with Crippen LogP contribution in [0, 0.1) is 5.92 Å². The predicted molar refractivity (Wildman–Crippen MR) is 92.8 cm³/mol. The molecule has 1 unspecified atom stereocenters. The molecule has 1 atom stereocenters. The zero-order chi connectivity index (χ0) is 16.9. The highest BCUT2D eigenvalue weighted by Crippen LogP contribution is 2.24. The van der Waals surface area contributed by atoms with E-state index in [9.17, 15) is 9.90 Å². The molecule has 3 heterocycles. The van der Waals surface area contributed by atoms with Crippen molar-refractivity contribution in [3.8, 4) is 0 Å².